The molecule has 0 saturated carbocycles. The van der Waals surface area contributed by atoms with Crippen molar-refractivity contribution in [3.05, 3.63) is 47.8 Å². The van der Waals surface area contributed by atoms with Gasteiger partial charge < -0.3 is 16.0 Å². The molecule has 0 atom stereocenters. The van der Waals surface area contributed by atoms with Crippen molar-refractivity contribution in [3.63, 3.8) is 0 Å². The molecule has 30 heavy (non-hydrogen) atoms. The normalized spacial score (nSPS) is 11.4. The van der Waals surface area contributed by atoms with E-state index in [1.807, 2.05) is 0 Å². The zero-order valence-electron chi connectivity index (χ0n) is 17.8. The first-order chi connectivity index (χ1) is 14.1. The van der Waals surface area contributed by atoms with E-state index in [0.717, 1.165) is 29.3 Å². The number of halogens is 1. The molecule has 0 aliphatic heterocycles. The smallest absolute Gasteiger partial charge is 0.243 e. The molecule has 0 unspecified atom stereocenters. The highest BCUT2D eigenvalue weighted by atomic mass is 32.2. The van der Waals surface area contributed by atoms with Crippen LogP contribution in [0.25, 0.3) is 0 Å². The highest BCUT2D eigenvalue weighted by Crippen LogP contribution is 2.27. The number of aryl methyl sites for hydroxylation is 1. The van der Waals surface area contributed by atoms with Gasteiger partial charge in [-0.05, 0) is 49.2 Å². The molecule has 2 aromatic rings. The molecular formula is C21H29FN4O3S. The summed E-state index contributed by atoms with van der Waals surface area (Å²) in [5.41, 5.74) is 2.34. The summed E-state index contributed by atoms with van der Waals surface area (Å²) in [6.07, 6.45) is 1.97. The van der Waals surface area contributed by atoms with Crippen LogP contribution in [-0.4, -0.2) is 45.8 Å². The zero-order valence-corrected chi connectivity index (χ0v) is 18.6. The van der Waals surface area contributed by atoms with Crippen LogP contribution < -0.4 is 16.0 Å². The van der Waals surface area contributed by atoms with Crippen LogP contribution >= 0.6 is 0 Å². The molecule has 0 aliphatic carbocycles. The standard InChI is InChI=1S/C21H29FN4O3S/c1-5-6-11-23-18-10-9-17(30(28,29)26(3)4)13-20(18)24-14-21(27)25-19-12-16(22)8-7-15(19)2/h7-10,12-13,23-24H,5-6,11,14H2,1-4H3,(H,25,27). The Morgan fingerprint density at radius 2 is 1.77 bits per heavy atom. The number of carbonyl (C=O) groups is 1. The van der Waals surface area contributed by atoms with Gasteiger partial charge in [0.15, 0.2) is 0 Å². The van der Waals surface area contributed by atoms with Crippen LogP contribution in [0.5, 0.6) is 0 Å². The third kappa shape index (κ3) is 6.17. The van der Waals surface area contributed by atoms with E-state index in [2.05, 4.69) is 22.9 Å². The van der Waals surface area contributed by atoms with Gasteiger partial charge in [0.1, 0.15) is 5.82 Å². The Morgan fingerprint density at radius 3 is 2.43 bits per heavy atom. The summed E-state index contributed by atoms with van der Waals surface area (Å²) in [5.74, 6) is -0.808. The van der Waals surface area contributed by atoms with Crippen molar-refractivity contribution in [2.45, 2.75) is 31.6 Å². The lowest BCUT2D eigenvalue weighted by Crippen LogP contribution is -2.24. The van der Waals surface area contributed by atoms with Crippen molar-refractivity contribution < 1.29 is 17.6 Å². The number of anilines is 3. The van der Waals surface area contributed by atoms with E-state index in [-0.39, 0.29) is 17.3 Å². The van der Waals surface area contributed by atoms with Crippen LogP contribution in [0.3, 0.4) is 0 Å². The van der Waals surface area contributed by atoms with Crippen LogP contribution in [-0.2, 0) is 14.8 Å². The van der Waals surface area contributed by atoms with Crippen LogP contribution in [0.2, 0.25) is 0 Å². The Labute approximate surface area is 177 Å². The molecular weight excluding hydrogens is 407 g/mol. The average molecular weight is 437 g/mol. The quantitative estimate of drug-likeness (QED) is 0.495. The van der Waals surface area contributed by atoms with Gasteiger partial charge in [-0.3, -0.25) is 4.79 Å². The maximum atomic E-state index is 13.4. The van der Waals surface area contributed by atoms with Crippen molar-refractivity contribution >= 4 is 33.0 Å². The lowest BCUT2D eigenvalue weighted by atomic mass is 10.2. The molecule has 2 aromatic carbocycles. The van der Waals surface area contributed by atoms with E-state index in [4.69, 9.17) is 0 Å². The molecule has 0 aliphatic rings. The third-order valence-corrected chi connectivity index (χ3v) is 6.34. The molecule has 0 spiro atoms. The fourth-order valence-electron chi connectivity index (χ4n) is 2.69. The summed E-state index contributed by atoms with van der Waals surface area (Å²) in [6.45, 7) is 4.46. The number of carbonyl (C=O) groups excluding carboxylic acids is 1. The minimum atomic E-state index is -3.62. The highest BCUT2D eigenvalue weighted by molar-refractivity contribution is 7.89. The van der Waals surface area contributed by atoms with Gasteiger partial charge in [-0.15, -0.1) is 0 Å². The summed E-state index contributed by atoms with van der Waals surface area (Å²) < 4.78 is 39.5. The topological polar surface area (TPSA) is 90.5 Å². The monoisotopic (exact) mass is 436 g/mol. The van der Waals surface area contributed by atoms with Gasteiger partial charge in [-0.25, -0.2) is 17.1 Å². The Bertz CT molecular complexity index is 994. The summed E-state index contributed by atoms with van der Waals surface area (Å²) in [4.78, 5) is 12.5. The van der Waals surface area contributed by atoms with E-state index >= 15 is 0 Å². The van der Waals surface area contributed by atoms with Gasteiger partial charge >= 0.3 is 0 Å². The van der Waals surface area contributed by atoms with Crippen molar-refractivity contribution in [2.75, 3.05) is 43.1 Å². The summed E-state index contributed by atoms with van der Waals surface area (Å²) in [6, 6.07) is 8.89. The van der Waals surface area contributed by atoms with E-state index in [1.165, 1.54) is 38.4 Å². The molecule has 9 heteroatoms. The second-order valence-electron chi connectivity index (χ2n) is 7.14. The predicted octanol–water partition coefficient (Wildman–Crippen LogP) is 3.65. The molecule has 2 rings (SSSR count). The number of sulfonamides is 1. The van der Waals surface area contributed by atoms with Crippen LogP contribution in [0.1, 0.15) is 25.3 Å². The van der Waals surface area contributed by atoms with Crippen LogP contribution in [0.4, 0.5) is 21.5 Å². The Hall–Kier alpha value is -2.65. The van der Waals surface area contributed by atoms with Gasteiger partial charge in [-0.2, -0.15) is 0 Å². The Kier molecular flexibility index (Phi) is 8.19. The molecule has 3 N–H and O–H groups in total. The second-order valence-corrected chi connectivity index (χ2v) is 9.29. The second kappa shape index (κ2) is 10.4. The fourth-order valence-corrected chi connectivity index (χ4v) is 3.62. The minimum absolute atomic E-state index is 0.107. The van der Waals surface area contributed by atoms with Crippen molar-refractivity contribution in [2.24, 2.45) is 0 Å². The number of amides is 1. The maximum Gasteiger partial charge on any atom is 0.243 e. The number of hydrogen-bond acceptors (Lipinski definition) is 5. The van der Waals surface area contributed by atoms with Crippen molar-refractivity contribution in [1.29, 1.82) is 0 Å². The number of rotatable bonds is 10. The lowest BCUT2D eigenvalue weighted by molar-refractivity contribution is -0.114. The number of nitrogens with zero attached hydrogens (tertiary/aromatic N) is 1. The SMILES string of the molecule is CCCCNc1ccc(S(=O)(=O)N(C)C)cc1NCC(=O)Nc1cc(F)ccc1C. The van der Waals surface area contributed by atoms with Gasteiger partial charge in [0.25, 0.3) is 0 Å². The predicted molar refractivity (Wildman–Crippen MR) is 119 cm³/mol. The van der Waals surface area contributed by atoms with Gasteiger partial charge in [-0.1, -0.05) is 19.4 Å². The number of benzene rings is 2. The molecule has 0 saturated heterocycles. The summed E-state index contributed by atoms with van der Waals surface area (Å²) >= 11 is 0. The Balaban J connectivity index is 2.19. The van der Waals surface area contributed by atoms with Gasteiger partial charge in [0, 0.05) is 26.3 Å². The number of unbranched alkanes of at least 4 members (excludes halogenated alkanes) is 1. The van der Waals surface area contributed by atoms with Crippen molar-refractivity contribution in [1.82, 2.24) is 4.31 Å². The molecule has 0 aromatic heterocycles. The molecule has 0 fully saturated rings. The zero-order chi connectivity index (χ0) is 22.3. The Morgan fingerprint density at radius 1 is 1.03 bits per heavy atom. The third-order valence-electron chi connectivity index (χ3n) is 4.53. The number of hydrogen-bond donors (Lipinski definition) is 3. The molecule has 0 heterocycles. The van der Waals surface area contributed by atoms with Crippen LogP contribution in [0, 0.1) is 12.7 Å². The molecule has 0 bridgehead atoms. The minimum Gasteiger partial charge on any atom is -0.383 e. The van der Waals surface area contributed by atoms with Gasteiger partial charge in [0.05, 0.1) is 22.8 Å². The largest absolute Gasteiger partial charge is 0.383 e. The molecule has 7 nitrogen and oxygen atoms in total. The van der Waals surface area contributed by atoms with Crippen molar-refractivity contribution in [3.8, 4) is 0 Å². The van der Waals surface area contributed by atoms with E-state index < -0.39 is 15.8 Å². The van der Waals surface area contributed by atoms with E-state index in [9.17, 15) is 17.6 Å². The number of nitrogens with one attached hydrogen (secondary N) is 3. The maximum absolute atomic E-state index is 13.4. The lowest BCUT2D eigenvalue weighted by Gasteiger charge is -2.17. The summed E-state index contributed by atoms with van der Waals surface area (Å²) in [7, 11) is -0.690. The molecule has 1 amide bonds. The molecule has 164 valence electrons. The molecule has 0 radical (unpaired) electrons. The fraction of sp³-hybridized carbons (Fsp3) is 0.381. The first-order valence-electron chi connectivity index (χ1n) is 9.75. The highest BCUT2D eigenvalue weighted by Gasteiger charge is 2.19. The van der Waals surface area contributed by atoms with Gasteiger partial charge in [0.2, 0.25) is 15.9 Å². The first kappa shape index (κ1) is 23.6. The summed E-state index contributed by atoms with van der Waals surface area (Å²) in [5, 5.41) is 8.92. The average Bonchev–Trinajstić information content (AvgIpc) is 2.69. The first-order valence-corrected chi connectivity index (χ1v) is 11.2. The van der Waals surface area contributed by atoms with E-state index in [1.54, 1.807) is 19.1 Å². The van der Waals surface area contributed by atoms with Crippen LogP contribution in [0.15, 0.2) is 41.3 Å². The van der Waals surface area contributed by atoms with E-state index in [0.29, 0.717) is 17.1 Å².